The number of nitrogens with two attached hydrogens (primary N) is 1. The molecule has 0 aliphatic rings. The van der Waals surface area contributed by atoms with Crippen LogP contribution in [0.15, 0.2) is 34.1 Å². The van der Waals surface area contributed by atoms with Gasteiger partial charge in [0, 0.05) is 11.4 Å². The van der Waals surface area contributed by atoms with Gasteiger partial charge >= 0.3 is 12.1 Å². The van der Waals surface area contributed by atoms with Gasteiger partial charge in [-0.05, 0) is 37.1 Å². The molecule has 154 valence electrons. The lowest BCUT2D eigenvalue weighted by Crippen LogP contribution is -2.13. The van der Waals surface area contributed by atoms with Gasteiger partial charge in [-0.1, -0.05) is 25.6 Å². The van der Waals surface area contributed by atoms with Crippen LogP contribution in [0.1, 0.15) is 35.6 Å². The predicted molar refractivity (Wildman–Crippen MR) is 99.7 cm³/mol. The minimum absolute atomic E-state index is 0.301. The highest BCUT2D eigenvalue weighted by atomic mass is 32.2. The van der Waals surface area contributed by atoms with Crippen LogP contribution in [0.3, 0.4) is 0 Å². The van der Waals surface area contributed by atoms with Crippen molar-refractivity contribution in [2.24, 2.45) is 5.73 Å². The summed E-state index contributed by atoms with van der Waals surface area (Å²) in [6.07, 6.45) is -3.95. The molecule has 0 amide bonds. The summed E-state index contributed by atoms with van der Waals surface area (Å²) in [7, 11) is 0. The normalized spacial score (nSPS) is 10.9. The molecule has 0 aliphatic carbocycles. The number of rotatable bonds is 7. The monoisotopic (exact) mass is 417 g/mol. The number of aryl methyl sites for hydroxylation is 1. The lowest BCUT2D eigenvalue weighted by Gasteiger charge is -2.07. The topological polar surface area (TPSA) is 98.2 Å². The molecule has 0 aliphatic heterocycles. The first-order valence-corrected chi connectivity index (χ1v) is 9.31. The van der Waals surface area contributed by atoms with Crippen molar-refractivity contribution < 1.29 is 27.9 Å². The molecule has 0 radical (unpaired) electrons. The van der Waals surface area contributed by atoms with Gasteiger partial charge in [-0.15, -0.1) is 0 Å². The minimum atomic E-state index is -4.64. The Morgan fingerprint density at radius 1 is 1.25 bits per heavy atom. The van der Waals surface area contributed by atoms with Crippen molar-refractivity contribution >= 4 is 24.0 Å². The highest BCUT2D eigenvalue weighted by Crippen LogP contribution is 2.34. The van der Waals surface area contributed by atoms with Crippen molar-refractivity contribution in [2.75, 3.05) is 6.54 Å². The number of aromatic nitrogens is 2. The second kappa shape index (κ2) is 10.9. The fraction of sp³-hybridized carbons (Fsp3) is 0.389. The van der Waals surface area contributed by atoms with Gasteiger partial charge in [-0.3, -0.25) is 9.48 Å². The Balaban J connectivity index is 0.000000568. The van der Waals surface area contributed by atoms with Gasteiger partial charge < -0.3 is 10.8 Å². The van der Waals surface area contributed by atoms with E-state index in [-0.39, 0.29) is 0 Å². The van der Waals surface area contributed by atoms with Gasteiger partial charge in [0.25, 0.3) is 0 Å². The SMILES string of the molecule is CCc1nn(CCN)c(CC)c1Sc1ccc(C(=O)O)cc1.O=CC(F)(F)F. The number of hydrogen-bond donors (Lipinski definition) is 2. The predicted octanol–water partition coefficient (Wildman–Crippen LogP) is 3.56. The summed E-state index contributed by atoms with van der Waals surface area (Å²) in [4.78, 5) is 21.8. The van der Waals surface area contributed by atoms with Crippen molar-refractivity contribution in [3.63, 3.8) is 0 Å². The third-order valence-electron chi connectivity index (χ3n) is 3.54. The molecule has 0 atom stereocenters. The van der Waals surface area contributed by atoms with E-state index in [0.29, 0.717) is 18.7 Å². The molecule has 10 heteroatoms. The average molecular weight is 417 g/mol. The number of aromatic carboxylic acids is 1. The molecular weight excluding hydrogens is 395 g/mol. The molecule has 2 rings (SSSR count). The fourth-order valence-electron chi connectivity index (χ4n) is 2.32. The van der Waals surface area contributed by atoms with Gasteiger partial charge in [0.05, 0.1) is 28.4 Å². The molecule has 1 aromatic heterocycles. The number of halogens is 3. The number of carbonyl (C=O) groups excluding carboxylic acids is 1. The van der Waals surface area contributed by atoms with Gasteiger partial charge in [0.15, 0.2) is 0 Å². The molecule has 1 aromatic carbocycles. The number of benzene rings is 1. The van der Waals surface area contributed by atoms with E-state index in [0.717, 1.165) is 23.4 Å². The first-order valence-electron chi connectivity index (χ1n) is 8.49. The van der Waals surface area contributed by atoms with Crippen LogP contribution >= 0.6 is 11.8 Å². The number of carboxylic acid groups (broad SMARTS) is 1. The van der Waals surface area contributed by atoms with E-state index in [4.69, 9.17) is 15.6 Å². The van der Waals surface area contributed by atoms with Crippen LogP contribution in [-0.4, -0.2) is 39.9 Å². The van der Waals surface area contributed by atoms with Crippen molar-refractivity contribution in [3.05, 3.63) is 41.2 Å². The molecule has 6 nitrogen and oxygen atoms in total. The maximum absolute atomic E-state index is 10.9. The lowest BCUT2D eigenvalue weighted by molar-refractivity contribution is -0.156. The molecule has 1 heterocycles. The highest BCUT2D eigenvalue weighted by Gasteiger charge is 2.24. The molecule has 0 bridgehead atoms. The highest BCUT2D eigenvalue weighted by molar-refractivity contribution is 7.99. The molecule has 2 aromatic rings. The standard InChI is InChI=1S/C16H21N3O2S.C2HF3O/c1-3-13-15(14(4-2)19(18-13)10-9-17)22-12-7-5-11(6-8-12)16(20)21;3-2(4,5)1-6/h5-8H,3-4,9-10,17H2,1-2H3,(H,20,21);1H. The van der Waals surface area contributed by atoms with E-state index in [1.54, 1.807) is 23.9 Å². The molecule has 0 unspecified atom stereocenters. The summed E-state index contributed by atoms with van der Waals surface area (Å²) < 4.78 is 33.2. The zero-order valence-corrected chi connectivity index (χ0v) is 16.3. The maximum Gasteiger partial charge on any atom is 0.446 e. The third kappa shape index (κ3) is 7.01. The molecule has 0 saturated heterocycles. The van der Waals surface area contributed by atoms with E-state index >= 15 is 0 Å². The van der Waals surface area contributed by atoms with E-state index in [9.17, 15) is 18.0 Å². The molecule has 28 heavy (non-hydrogen) atoms. The zero-order chi connectivity index (χ0) is 21.3. The number of aldehydes is 1. The first kappa shape index (κ1) is 23.7. The Morgan fingerprint density at radius 3 is 2.21 bits per heavy atom. The lowest BCUT2D eigenvalue weighted by atomic mass is 10.2. The van der Waals surface area contributed by atoms with Crippen LogP contribution < -0.4 is 5.73 Å². The maximum atomic E-state index is 10.9. The van der Waals surface area contributed by atoms with Gasteiger partial charge in [0.2, 0.25) is 6.29 Å². The molecule has 0 saturated carbocycles. The van der Waals surface area contributed by atoms with Crippen LogP contribution in [0, 0.1) is 0 Å². The Bertz CT molecular complexity index is 790. The summed E-state index contributed by atoms with van der Waals surface area (Å²) in [6, 6.07) is 6.94. The summed E-state index contributed by atoms with van der Waals surface area (Å²) in [5.41, 5.74) is 8.22. The Labute approximate surface area is 164 Å². The first-order chi connectivity index (χ1) is 13.2. The molecule has 3 N–H and O–H groups in total. The van der Waals surface area contributed by atoms with E-state index in [2.05, 4.69) is 18.9 Å². The molecular formula is C18H22F3N3O3S. The van der Waals surface area contributed by atoms with Gasteiger partial charge in [-0.2, -0.15) is 18.3 Å². The number of carboxylic acids is 1. The summed E-state index contributed by atoms with van der Waals surface area (Å²) in [6.45, 7) is 5.48. The van der Waals surface area contributed by atoms with E-state index in [1.165, 1.54) is 10.6 Å². The van der Waals surface area contributed by atoms with Crippen LogP contribution in [0.2, 0.25) is 0 Å². The van der Waals surface area contributed by atoms with Crippen molar-refractivity contribution in [3.8, 4) is 0 Å². The smallest absolute Gasteiger partial charge is 0.446 e. The van der Waals surface area contributed by atoms with Crippen LogP contribution in [-0.2, 0) is 24.2 Å². The van der Waals surface area contributed by atoms with Crippen molar-refractivity contribution in [1.82, 2.24) is 9.78 Å². The summed E-state index contributed by atoms with van der Waals surface area (Å²) in [5, 5.41) is 13.6. The van der Waals surface area contributed by atoms with Crippen LogP contribution in [0.4, 0.5) is 13.2 Å². The summed E-state index contributed by atoms with van der Waals surface area (Å²) >= 11 is 1.64. The molecule has 0 spiro atoms. The number of alkyl halides is 3. The van der Waals surface area contributed by atoms with Gasteiger partial charge in [-0.25, -0.2) is 4.79 Å². The van der Waals surface area contributed by atoms with Crippen LogP contribution in [0.5, 0.6) is 0 Å². The number of carbonyl (C=O) groups is 2. The van der Waals surface area contributed by atoms with Crippen molar-refractivity contribution in [1.29, 1.82) is 0 Å². The number of hydrogen-bond acceptors (Lipinski definition) is 5. The zero-order valence-electron chi connectivity index (χ0n) is 15.5. The Kier molecular flexibility index (Phi) is 9.20. The fourth-order valence-corrected chi connectivity index (χ4v) is 3.50. The van der Waals surface area contributed by atoms with Crippen LogP contribution in [0.25, 0.3) is 0 Å². The minimum Gasteiger partial charge on any atom is -0.478 e. The quantitative estimate of drug-likeness (QED) is 0.669. The summed E-state index contributed by atoms with van der Waals surface area (Å²) in [5.74, 6) is -0.907. The van der Waals surface area contributed by atoms with Gasteiger partial charge in [0.1, 0.15) is 0 Å². The third-order valence-corrected chi connectivity index (χ3v) is 4.73. The van der Waals surface area contributed by atoms with E-state index < -0.39 is 18.4 Å². The molecule has 0 fully saturated rings. The number of nitrogens with zero attached hydrogens (tertiary/aromatic N) is 2. The largest absolute Gasteiger partial charge is 0.478 e. The second-order valence-electron chi connectivity index (χ2n) is 5.53. The Morgan fingerprint density at radius 2 is 1.82 bits per heavy atom. The Hall–Kier alpha value is -2.33. The van der Waals surface area contributed by atoms with Crippen molar-refractivity contribution in [2.45, 2.75) is 49.2 Å². The van der Waals surface area contributed by atoms with E-state index in [1.807, 2.05) is 16.8 Å². The second-order valence-corrected chi connectivity index (χ2v) is 6.62. The average Bonchev–Trinajstić information content (AvgIpc) is 2.98.